The molecule has 1 aromatic carbocycles. The van der Waals surface area contributed by atoms with Crippen LogP contribution < -0.4 is 4.74 Å². The van der Waals surface area contributed by atoms with Gasteiger partial charge in [-0.05, 0) is 41.9 Å². The molecule has 3 rings (SSSR count). The molecule has 1 saturated carbocycles. The van der Waals surface area contributed by atoms with Crippen LogP contribution in [0.3, 0.4) is 0 Å². The van der Waals surface area contributed by atoms with Crippen LogP contribution in [0, 0.1) is 5.92 Å². The predicted molar refractivity (Wildman–Crippen MR) is 66.4 cm³/mol. The summed E-state index contributed by atoms with van der Waals surface area (Å²) < 4.78 is 5.54. The van der Waals surface area contributed by atoms with Gasteiger partial charge < -0.3 is 4.74 Å². The maximum atomic E-state index is 6.30. The van der Waals surface area contributed by atoms with Crippen molar-refractivity contribution in [3.8, 4) is 5.75 Å². The lowest BCUT2D eigenvalue weighted by atomic mass is 9.89. The molecule has 2 heteroatoms. The molecule has 1 fully saturated rings. The molecule has 0 aromatic heterocycles. The molecule has 0 bridgehead atoms. The van der Waals surface area contributed by atoms with Gasteiger partial charge in [-0.3, -0.25) is 0 Å². The summed E-state index contributed by atoms with van der Waals surface area (Å²) in [4.78, 5) is 0. The molecule has 16 heavy (non-hydrogen) atoms. The van der Waals surface area contributed by atoms with E-state index in [0.717, 1.165) is 25.2 Å². The van der Waals surface area contributed by atoms with Crippen LogP contribution in [-0.4, -0.2) is 12.0 Å². The summed E-state index contributed by atoms with van der Waals surface area (Å²) in [6, 6.07) is 6.69. The van der Waals surface area contributed by atoms with Crippen LogP contribution in [-0.2, 0) is 6.42 Å². The summed E-state index contributed by atoms with van der Waals surface area (Å²) in [6.07, 6.45) is 3.45. The summed E-state index contributed by atoms with van der Waals surface area (Å²) in [6.45, 7) is 3.12. The Balaban J connectivity index is 1.90. The third kappa shape index (κ3) is 1.62. The van der Waals surface area contributed by atoms with Crippen LogP contribution in [0.2, 0.25) is 0 Å². The second-order valence-electron chi connectivity index (χ2n) is 5.02. The zero-order valence-electron chi connectivity index (χ0n) is 9.58. The van der Waals surface area contributed by atoms with E-state index in [1.807, 2.05) is 0 Å². The molecule has 2 aliphatic rings. The first-order valence-corrected chi connectivity index (χ1v) is 6.59. The van der Waals surface area contributed by atoms with Gasteiger partial charge >= 0.3 is 0 Å². The van der Waals surface area contributed by atoms with Crippen LogP contribution in [0.25, 0.3) is 0 Å². The molecule has 86 valence electrons. The first kappa shape index (κ1) is 10.5. The SMILES string of the molecule is CC1C(Cl)CCC1c1ccc2c(c1)CCO2. The molecule has 0 radical (unpaired) electrons. The first-order chi connectivity index (χ1) is 7.75. The quantitative estimate of drug-likeness (QED) is 0.675. The molecule has 1 aliphatic carbocycles. The van der Waals surface area contributed by atoms with Gasteiger partial charge in [-0.15, -0.1) is 11.6 Å². The van der Waals surface area contributed by atoms with Crippen molar-refractivity contribution < 1.29 is 4.74 Å². The third-order valence-corrected chi connectivity index (χ3v) is 4.72. The van der Waals surface area contributed by atoms with Gasteiger partial charge in [0, 0.05) is 11.8 Å². The maximum Gasteiger partial charge on any atom is 0.122 e. The second kappa shape index (κ2) is 3.96. The Morgan fingerprint density at radius 2 is 2.19 bits per heavy atom. The highest BCUT2D eigenvalue weighted by Crippen LogP contribution is 2.43. The van der Waals surface area contributed by atoms with Gasteiger partial charge in [-0.1, -0.05) is 19.1 Å². The topological polar surface area (TPSA) is 9.23 Å². The zero-order valence-corrected chi connectivity index (χ0v) is 10.3. The normalized spacial score (nSPS) is 32.5. The summed E-state index contributed by atoms with van der Waals surface area (Å²) in [5, 5.41) is 0.356. The van der Waals surface area contributed by atoms with Crippen molar-refractivity contribution in [1.82, 2.24) is 0 Å². The van der Waals surface area contributed by atoms with Crippen LogP contribution in [0.5, 0.6) is 5.75 Å². The molecule has 1 heterocycles. The van der Waals surface area contributed by atoms with E-state index >= 15 is 0 Å². The standard InChI is InChI=1S/C14H17ClO/c1-9-12(3-4-13(9)15)10-2-5-14-11(8-10)6-7-16-14/h2,5,8-9,12-13H,3-4,6-7H2,1H3. The van der Waals surface area contributed by atoms with Crippen molar-refractivity contribution in [2.75, 3.05) is 6.61 Å². The molecule has 0 spiro atoms. The average molecular weight is 237 g/mol. The highest BCUT2D eigenvalue weighted by Gasteiger charge is 2.32. The van der Waals surface area contributed by atoms with E-state index < -0.39 is 0 Å². The fourth-order valence-corrected chi connectivity index (χ4v) is 3.33. The summed E-state index contributed by atoms with van der Waals surface area (Å²) >= 11 is 6.30. The number of rotatable bonds is 1. The number of halogens is 1. The molecular weight excluding hydrogens is 220 g/mol. The van der Waals surface area contributed by atoms with Gasteiger partial charge in [-0.2, -0.15) is 0 Å². The van der Waals surface area contributed by atoms with Crippen LogP contribution in [0.1, 0.15) is 36.8 Å². The fraction of sp³-hybridized carbons (Fsp3) is 0.571. The van der Waals surface area contributed by atoms with Crippen molar-refractivity contribution in [1.29, 1.82) is 0 Å². The van der Waals surface area contributed by atoms with Gasteiger partial charge in [0.1, 0.15) is 5.75 Å². The lowest BCUT2D eigenvalue weighted by Crippen LogP contribution is -2.09. The van der Waals surface area contributed by atoms with Gasteiger partial charge in [-0.25, -0.2) is 0 Å². The third-order valence-electron chi connectivity index (χ3n) is 4.10. The molecule has 3 atom stereocenters. The van der Waals surface area contributed by atoms with Crippen LogP contribution in [0.15, 0.2) is 18.2 Å². The van der Waals surface area contributed by atoms with Gasteiger partial charge in [0.25, 0.3) is 0 Å². The molecule has 1 aliphatic heterocycles. The molecule has 3 unspecified atom stereocenters. The van der Waals surface area contributed by atoms with Crippen molar-refractivity contribution >= 4 is 11.6 Å². The number of fused-ring (bicyclic) bond motifs is 1. The Hall–Kier alpha value is -0.690. The van der Waals surface area contributed by atoms with Crippen LogP contribution >= 0.6 is 11.6 Å². The highest BCUT2D eigenvalue weighted by atomic mass is 35.5. The Bertz CT molecular complexity index is 402. The number of ether oxygens (including phenoxy) is 1. The molecule has 1 nitrogen and oxygen atoms in total. The van der Waals surface area contributed by atoms with Crippen molar-refractivity contribution in [2.45, 2.75) is 37.5 Å². The highest BCUT2D eigenvalue weighted by molar-refractivity contribution is 6.21. The van der Waals surface area contributed by atoms with Crippen molar-refractivity contribution in [3.05, 3.63) is 29.3 Å². The van der Waals surface area contributed by atoms with E-state index in [1.165, 1.54) is 17.5 Å². The fourth-order valence-electron chi connectivity index (χ4n) is 3.02. The zero-order chi connectivity index (χ0) is 11.1. The maximum absolute atomic E-state index is 6.30. The Labute approximate surface area is 102 Å². The minimum absolute atomic E-state index is 0.356. The van der Waals surface area contributed by atoms with E-state index in [9.17, 15) is 0 Å². The number of benzene rings is 1. The van der Waals surface area contributed by atoms with Gasteiger partial charge in [0.15, 0.2) is 0 Å². The van der Waals surface area contributed by atoms with E-state index in [4.69, 9.17) is 16.3 Å². The summed E-state index contributed by atoms with van der Waals surface area (Å²) in [7, 11) is 0. The van der Waals surface area contributed by atoms with E-state index in [-0.39, 0.29) is 0 Å². The smallest absolute Gasteiger partial charge is 0.122 e. The molecule has 0 amide bonds. The average Bonchev–Trinajstić information content (AvgIpc) is 2.86. The van der Waals surface area contributed by atoms with Gasteiger partial charge in [0.2, 0.25) is 0 Å². The summed E-state index contributed by atoms with van der Waals surface area (Å²) in [5.41, 5.74) is 2.84. The minimum Gasteiger partial charge on any atom is -0.493 e. The number of hydrogen-bond acceptors (Lipinski definition) is 1. The number of hydrogen-bond donors (Lipinski definition) is 0. The Morgan fingerprint density at radius 1 is 1.31 bits per heavy atom. The molecular formula is C14H17ClO. The largest absolute Gasteiger partial charge is 0.493 e. The van der Waals surface area contributed by atoms with Crippen molar-refractivity contribution in [3.63, 3.8) is 0 Å². The van der Waals surface area contributed by atoms with Gasteiger partial charge in [0.05, 0.1) is 6.61 Å². The monoisotopic (exact) mass is 236 g/mol. The lowest BCUT2D eigenvalue weighted by Gasteiger charge is -2.18. The lowest BCUT2D eigenvalue weighted by molar-refractivity contribution is 0.356. The van der Waals surface area contributed by atoms with Crippen molar-refractivity contribution in [2.24, 2.45) is 5.92 Å². The minimum atomic E-state index is 0.356. The Morgan fingerprint density at radius 3 is 2.94 bits per heavy atom. The number of alkyl halides is 1. The molecule has 0 N–H and O–H groups in total. The molecule has 0 saturated heterocycles. The van der Waals surface area contributed by atoms with E-state index in [0.29, 0.717) is 17.2 Å². The van der Waals surface area contributed by atoms with E-state index in [2.05, 4.69) is 25.1 Å². The van der Waals surface area contributed by atoms with Crippen LogP contribution in [0.4, 0.5) is 0 Å². The second-order valence-corrected chi connectivity index (χ2v) is 5.59. The van der Waals surface area contributed by atoms with E-state index in [1.54, 1.807) is 0 Å². The predicted octanol–water partition coefficient (Wildman–Crippen LogP) is 3.74. The Kier molecular flexibility index (Phi) is 2.59. The summed E-state index contributed by atoms with van der Waals surface area (Å²) in [5.74, 6) is 2.33. The first-order valence-electron chi connectivity index (χ1n) is 6.15. The molecule has 1 aromatic rings.